The number of nitrogens with zero attached hydrogens (tertiary/aromatic N) is 8. The fourth-order valence-electron chi connectivity index (χ4n) is 3.01. The van der Waals surface area contributed by atoms with Crippen molar-refractivity contribution in [3.8, 4) is 0 Å². The molecule has 4 heterocycles. The summed E-state index contributed by atoms with van der Waals surface area (Å²) in [7, 11) is 0. The summed E-state index contributed by atoms with van der Waals surface area (Å²) in [5, 5.41) is 0. The maximum Gasteiger partial charge on any atom is 2.00 e. The minimum absolute atomic E-state index is 0. The first-order valence-electron chi connectivity index (χ1n) is 12.2. The van der Waals surface area contributed by atoms with E-state index in [-0.39, 0.29) is 39.0 Å². The summed E-state index contributed by atoms with van der Waals surface area (Å²) in [6.45, 7) is 3.32. The summed E-state index contributed by atoms with van der Waals surface area (Å²) < 4.78 is 0. The van der Waals surface area contributed by atoms with Gasteiger partial charge in [-0.05, 0) is 25.7 Å². The van der Waals surface area contributed by atoms with E-state index in [1.54, 1.807) is 24.8 Å². The summed E-state index contributed by atoms with van der Waals surface area (Å²) in [5.41, 5.74) is 3.70. The number of hydrogen-bond donors (Lipinski definition) is 0. The van der Waals surface area contributed by atoms with Gasteiger partial charge in [-0.3, -0.25) is 20.0 Å². The molecule has 0 bridgehead atoms. The van der Waals surface area contributed by atoms with Crippen molar-refractivity contribution < 1.29 is 39.0 Å². The van der Waals surface area contributed by atoms with Gasteiger partial charge in [0.2, 0.25) is 0 Å². The molecule has 0 N–H and O–H groups in total. The quantitative estimate of drug-likeness (QED) is 0.123. The van der Waals surface area contributed by atoms with Crippen LogP contribution in [-0.2, 0) is 39.0 Å². The molecule has 0 fully saturated rings. The molecule has 0 amide bonds. The largest absolute Gasteiger partial charge is 2.00 e. The molecule has 0 spiro atoms. The first-order chi connectivity index (χ1) is 17.9. The SMILES string of the molecule is C(=NCCCCN=Cc1ccc[n-]1)c1ccc[n-]1.C(=NCCCCN=Cc1ccc[n-]1)c1ccc[n-]1.[Zn+2].[Zn+2]. The molecule has 10 heteroatoms. The zero-order valence-electron chi connectivity index (χ0n) is 21.9. The van der Waals surface area contributed by atoms with Crippen molar-refractivity contribution in [1.82, 2.24) is 19.9 Å². The maximum absolute atomic E-state index is 4.31. The standard InChI is InChI=1S/2C14H16N4.2Zn/c2*1(7-15-11-13-5-3-9-17-13)2-8-16-12-14-6-4-10-18-14;;/h2*3-6,9-12H,1-2,7-8H2;;/q2*-2;2*+2. The van der Waals surface area contributed by atoms with Gasteiger partial charge in [-0.25, -0.2) is 0 Å². The van der Waals surface area contributed by atoms with Gasteiger partial charge in [0, 0.05) is 51.0 Å². The van der Waals surface area contributed by atoms with Gasteiger partial charge in [0.25, 0.3) is 0 Å². The predicted octanol–water partition coefficient (Wildman–Crippen LogP) is 3.83. The molecular weight excluding hydrogens is 579 g/mol. The third-order valence-electron chi connectivity index (χ3n) is 4.85. The van der Waals surface area contributed by atoms with Crippen LogP contribution in [-0.4, -0.2) is 51.0 Å². The summed E-state index contributed by atoms with van der Waals surface area (Å²) >= 11 is 0. The summed E-state index contributed by atoms with van der Waals surface area (Å²) in [6, 6.07) is 15.4. The average molecular weight is 611 g/mol. The molecule has 0 saturated carbocycles. The molecule has 0 aromatic carbocycles. The number of aliphatic imine (C=N–C) groups is 4. The molecule has 0 radical (unpaired) electrons. The summed E-state index contributed by atoms with van der Waals surface area (Å²) in [4.78, 5) is 33.7. The minimum atomic E-state index is 0. The van der Waals surface area contributed by atoms with E-state index in [0.717, 1.165) is 74.6 Å². The van der Waals surface area contributed by atoms with Crippen molar-refractivity contribution in [2.75, 3.05) is 26.2 Å². The number of aromatic nitrogens is 4. The first-order valence-corrected chi connectivity index (χ1v) is 12.2. The third-order valence-corrected chi connectivity index (χ3v) is 4.85. The number of rotatable bonds is 14. The Kier molecular flexibility index (Phi) is 19.2. The second-order valence-corrected chi connectivity index (χ2v) is 7.80. The monoisotopic (exact) mass is 608 g/mol. The normalized spacial score (nSPS) is 11.2. The van der Waals surface area contributed by atoms with Gasteiger partial charge in [0.1, 0.15) is 0 Å². The van der Waals surface area contributed by atoms with Crippen LogP contribution < -0.4 is 19.9 Å². The van der Waals surface area contributed by atoms with Crippen LogP contribution >= 0.6 is 0 Å². The van der Waals surface area contributed by atoms with E-state index in [4.69, 9.17) is 0 Å². The van der Waals surface area contributed by atoms with E-state index in [2.05, 4.69) is 39.9 Å². The maximum atomic E-state index is 4.31. The molecule has 0 aliphatic heterocycles. The van der Waals surface area contributed by atoms with Crippen LogP contribution in [0.1, 0.15) is 48.5 Å². The minimum Gasteiger partial charge on any atom is -0.663 e. The van der Waals surface area contributed by atoms with Crippen molar-refractivity contribution >= 4 is 24.9 Å². The van der Waals surface area contributed by atoms with Gasteiger partial charge < -0.3 is 19.9 Å². The molecule has 38 heavy (non-hydrogen) atoms. The zero-order valence-corrected chi connectivity index (χ0v) is 27.8. The van der Waals surface area contributed by atoms with E-state index in [0.29, 0.717) is 0 Å². The Morgan fingerprint density at radius 1 is 0.421 bits per heavy atom. The van der Waals surface area contributed by atoms with Gasteiger partial charge >= 0.3 is 39.0 Å². The van der Waals surface area contributed by atoms with Gasteiger partial charge in [0.15, 0.2) is 0 Å². The second kappa shape index (κ2) is 22.1. The molecule has 8 nitrogen and oxygen atoms in total. The second-order valence-electron chi connectivity index (χ2n) is 7.80. The van der Waals surface area contributed by atoms with Crippen LogP contribution in [0.4, 0.5) is 0 Å². The van der Waals surface area contributed by atoms with E-state index in [1.807, 2.05) is 73.4 Å². The Bertz CT molecular complexity index is 943. The molecule has 0 unspecified atom stereocenters. The van der Waals surface area contributed by atoms with Crippen molar-refractivity contribution in [1.29, 1.82) is 0 Å². The molecule has 4 aromatic rings. The molecule has 0 atom stereocenters. The van der Waals surface area contributed by atoms with Crippen LogP contribution in [0, 0.1) is 0 Å². The molecule has 4 rings (SSSR count). The smallest absolute Gasteiger partial charge is 0.663 e. The third kappa shape index (κ3) is 15.3. The molecule has 188 valence electrons. The predicted molar refractivity (Wildman–Crippen MR) is 147 cm³/mol. The summed E-state index contributed by atoms with van der Waals surface area (Å²) in [5.74, 6) is 0. The van der Waals surface area contributed by atoms with Gasteiger partial charge in [-0.2, -0.15) is 24.8 Å². The van der Waals surface area contributed by atoms with Crippen LogP contribution in [0.15, 0.2) is 93.3 Å². The van der Waals surface area contributed by atoms with Gasteiger partial charge in [-0.1, -0.05) is 48.5 Å². The van der Waals surface area contributed by atoms with Gasteiger partial charge in [-0.15, -0.1) is 22.8 Å². The zero-order chi connectivity index (χ0) is 24.9. The molecule has 4 aromatic heterocycles. The van der Waals surface area contributed by atoms with Crippen LogP contribution in [0.2, 0.25) is 0 Å². The first kappa shape index (κ1) is 33.1. The van der Waals surface area contributed by atoms with Crippen LogP contribution in [0.3, 0.4) is 0 Å². The number of unbranched alkanes of at least 4 members (excludes halogenated alkanes) is 2. The van der Waals surface area contributed by atoms with E-state index in [1.165, 1.54) is 0 Å². The molecule has 0 aliphatic rings. The Morgan fingerprint density at radius 2 is 0.658 bits per heavy atom. The Labute approximate surface area is 250 Å². The molecule has 0 saturated heterocycles. The fraction of sp³-hybridized carbons (Fsp3) is 0.286. The Hall–Kier alpha value is -2.95. The van der Waals surface area contributed by atoms with Crippen molar-refractivity contribution in [3.05, 3.63) is 96.1 Å². The summed E-state index contributed by atoms with van der Waals surface area (Å²) in [6.07, 6.45) is 18.5. The van der Waals surface area contributed by atoms with Crippen molar-refractivity contribution in [2.45, 2.75) is 25.7 Å². The van der Waals surface area contributed by atoms with Gasteiger partial charge in [0.05, 0.1) is 0 Å². The fourth-order valence-corrected chi connectivity index (χ4v) is 3.01. The Morgan fingerprint density at radius 3 is 0.842 bits per heavy atom. The topological polar surface area (TPSA) is 106 Å². The number of hydrogen-bond acceptors (Lipinski definition) is 4. The van der Waals surface area contributed by atoms with Crippen molar-refractivity contribution in [2.24, 2.45) is 20.0 Å². The van der Waals surface area contributed by atoms with Crippen LogP contribution in [0.5, 0.6) is 0 Å². The Balaban J connectivity index is 0.000000361. The molecular formula is C28H32N8Zn2. The van der Waals surface area contributed by atoms with E-state index in [9.17, 15) is 0 Å². The van der Waals surface area contributed by atoms with Crippen molar-refractivity contribution in [3.63, 3.8) is 0 Å². The van der Waals surface area contributed by atoms with E-state index < -0.39 is 0 Å². The van der Waals surface area contributed by atoms with Crippen LogP contribution in [0.25, 0.3) is 0 Å². The van der Waals surface area contributed by atoms with E-state index >= 15 is 0 Å². The average Bonchev–Trinajstić information content (AvgIpc) is 3.71. The molecule has 0 aliphatic carbocycles.